The Morgan fingerprint density at radius 3 is 2.54 bits per heavy atom. The third-order valence-corrected chi connectivity index (χ3v) is 4.80. The molecule has 6 heteroatoms. The van der Waals surface area contributed by atoms with Gasteiger partial charge >= 0.3 is 0 Å². The van der Waals surface area contributed by atoms with Gasteiger partial charge in [0.25, 0.3) is 0 Å². The van der Waals surface area contributed by atoms with Gasteiger partial charge in [-0.15, -0.1) is 0 Å². The lowest BCUT2D eigenvalue weighted by molar-refractivity contribution is 0.171. The molecule has 3 aromatic carbocycles. The molecule has 4 rings (SSSR count). The summed E-state index contributed by atoms with van der Waals surface area (Å²) < 4.78 is 17.2. The zero-order chi connectivity index (χ0) is 19.3. The number of fused-ring (bicyclic) bond motifs is 1. The summed E-state index contributed by atoms with van der Waals surface area (Å²) in [7, 11) is 0. The lowest BCUT2D eigenvalue weighted by atomic mass is 10.2. The second kappa shape index (κ2) is 8.63. The number of anilines is 1. The van der Waals surface area contributed by atoms with Crippen LogP contribution in [0.2, 0.25) is 10.0 Å². The Hall–Kier alpha value is -2.56. The molecule has 0 radical (unpaired) electrons. The highest BCUT2D eigenvalue weighted by molar-refractivity contribution is 6.30. The molecule has 0 atom stereocenters. The summed E-state index contributed by atoms with van der Waals surface area (Å²) in [6, 6.07) is 19.0. The fourth-order valence-electron chi connectivity index (χ4n) is 2.97. The molecule has 0 aliphatic carbocycles. The highest BCUT2D eigenvalue weighted by Crippen LogP contribution is 2.33. The standard InChI is InChI=1S/C22H19Cl2NO3/c23-17-3-1-2-15(10-17)14-28-20-6-4-18(24)11-16(20)13-25-19-5-7-21-22(12-19)27-9-8-26-21/h1-7,10-12,25H,8-9,13-14H2. The molecule has 4 nitrogen and oxygen atoms in total. The molecule has 144 valence electrons. The lowest BCUT2D eigenvalue weighted by Crippen LogP contribution is -2.15. The molecule has 1 N–H and O–H groups in total. The quantitative estimate of drug-likeness (QED) is 0.539. The van der Waals surface area contributed by atoms with Crippen molar-refractivity contribution in [2.24, 2.45) is 0 Å². The maximum absolute atomic E-state index is 6.19. The van der Waals surface area contributed by atoms with Crippen LogP contribution in [0, 0.1) is 0 Å². The molecule has 0 unspecified atom stereocenters. The molecule has 0 saturated heterocycles. The molecule has 0 saturated carbocycles. The fraction of sp³-hybridized carbons (Fsp3) is 0.182. The van der Waals surface area contributed by atoms with Gasteiger partial charge < -0.3 is 19.5 Å². The van der Waals surface area contributed by atoms with E-state index < -0.39 is 0 Å². The van der Waals surface area contributed by atoms with E-state index in [4.69, 9.17) is 37.4 Å². The Kier molecular flexibility index (Phi) is 5.79. The summed E-state index contributed by atoms with van der Waals surface area (Å²) in [4.78, 5) is 0. The summed E-state index contributed by atoms with van der Waals surface area (Å²) in [6.07, 6.45) is 0. The first-order valence-electron chi connectivity index (χ1n) is 8.96. The van der Waals surface area contributed by atoms with Crippen LogP contribution in [0.15, 0.2) is 60.7 Å². The third kappa shape index (κ3) is 4.64. The van der Waals surface area contributed by atoms with Crippen molar-refractivity contribution in [3.8, 4) is 17.2 Å². The predicted molar refractivity (Wildman–Crippen MR) is 112 cm³/mol. The maximum atomic E-state index is 6.19. The first kappa shape index (κ1) is 18.8. The van der Waals surface area contributed by atoms with Gasteiger partial charge in [0.2, 0.25) is 0 Å². The minimum absolute atomic E-state index is 0.430. The molecule has 1 heterocycles. The van der Waals surface area contributed by atoms with Crippen LogP contribution >= 0.6 is 23.2 Å². The normalized spacial score (nSPS) is 12.5. The highest BCUT2D eigenvalue weighted by atomic mass is 35.5. The molecule has 1 aliphatic heterocycles. The SMILES string of the molecule is Clc1cccc(COc2ccc(Cl)cc2CNc2ccc3c(c2)OCCO3)c1. The molecular weight excluding hydrogens is 397 g/mol. The van der Waals surface area contributed by atoms with Gasteiger partial charge in [-0.3, -0.25) is 0 Å². The van der Waals surface area contributed by atoms with E-state index in [1.54, 1.807) is 0 Å². The molecule has 28 heavy (non-hydrogen) atoms. The van der Waals surface area contributed by atoms with Gasteiger partial charge in [-0.2, -0.15) is 0 Å². The van der Waals surface area contributed by atoms with Crippen molar-refractivity contribution in [2.75, 3.05) is 18.5 Å². The third-order valence-electron chi connectivity index (χ3n) is 4.33. The molecule has 0 aromatic heterocycles. The predicted octanol–water partition coefficient (Wildman–Crippen LogP) is 5.96. The summed E-state index contributed by atoms with van der Waals surface area (Å²) in [6.45, 7) is 2.13. The van der Waals surface area contributed by atoms with Crippen LogP contribution < -0.4 is 19.5 Å². The van der Waals surface area contributed by atoms with Gasteiger partial charge in [0.15, 0.2) is 11.5 Å². The number of nitrogens with one attached hydrogen (secondary N) is 1. The average Bonchev–Trinajstić information content (AvgIpc) is 2.71. The first-order chi connectivity index (χ1) is 13.7. The minimum Gasteiger partial charge on any atom is -0.489 e. The summed E-state index contributed by atoms with van der Waals surface area (Å²) in [5, 5.41) is 4.74. The Morgan fingerprint density at radius 2 is 1.68 bits per heavy atom. The largest absolute Gasteiger partial charge is 0.489 e. The monoisotopic (exact) mass is 415 g/mol. The number of benzene rings is 3. The van der Waals surface area contributed by atoms with Crippen LogP contribution in [0.4, 0.5) is 5.69 Å². The van der Waals surface area contributed by atoms with Crippen LogP contribution in [-0.4, -0.2) is 13.2 Å². The van der Waals surface area contributed by atoms with Crippen LogP contribution in [0.5, 0.6) is 17.2 Å². The molecule has 0 amide bonds. The summed E-state index contributed by atoms with van der Waals surface area (Å²) >= 11 is 12.2. The number of hydrogen-bond acceptors (Lipinski definition) is 4. The summed E-state index contributed by atoms with van der Waals surface area (Å²) in [5.41, 5.74) is 2.91. The lowest BCUT2D eigenvalue weighted by Gasteiger charge is -2.19. The van der Waals surface area contributed by atoms with E-state index in [-0.39, 0.29) is 0 Å². The zero-order valence-electron chi connectivity index (χ0n) is 15.1. The van der Waals surface area contributed by atoms with Crippen LogP contribution in [0.25, 0.3) is 0 Å². The van der Waals surface area contributed by atoms with Crippen molar-refractivity contribution in [3.63, 3.8) is 0 Å². The summed E-state index contributed by atoms with van der Waals surface area (Å²) in [5.74, 6) is 2.29. The number of hydrogen-bond donors (Lipinski definition) is 1. The average molecular weight is 416 g/mol. The van der Waals surface area contributed by atoms with Crippen molar-refractivity contribution in [1.82, 2.24) is 0 Å². The van der Waals surface area contributed by atoms with Gasteiger partial charge in [0, 0.05) is 33.9 Å². The van der Waals surface area contributed by atoms with E-state index in [9.17, 15) is 0 Å². The molecular formula is C22H19Cl2NO3. The van der Waals surface area contributed by atoms with Crippen LogP contribution in [-0.2, 0) is 13.2 Å². The fourth-order valence-corrected chi connectivity index (χ4v) is 3.37. The van der Waals surface area contributed by atoms with E-state index in [1.165, 1.54) is 0 Å². The highest BCUT2D eigenvalue weighted by Gasteiger charge is 2.12. The number of rotatable bonds is 6. The Morgan fingerprint density at radius 1 is 0.857 bits per heavy atom. The maximum Gasteiger partial charge on any atom is 0.163 e. The molecule has 3 aromatic rings. The van der Waals surface area contributed by atoms with Gasteiger partial charge in [0.1, 0.15) is 25.6 Å². The van der Waals surface area contributed by atoms with Crippen LogP contribution in [0.3, 0.4) is 0 Å². The smallest absolute Gasteiger partial charge is 0.163 e. The van der Waals surface area contributed by atoms with Crippen molar-refractivity contribution in [3.05, 3.63) is 81.8 Å². The Bertz CT molecular complexity index is 978. The van der Waals surface area contributed by atoms with Crippen molar-refractivity contribution in [1.29, 1.82) is 0 Å². The second-order valence-electron chi connectivity index (χ2n) is 6.38. The van der Waals surface area contributed by atoms with Gasteiger partial charge in [0.05, 0.1) is 0 Å². The minimum atomic E-state index is 0.430. The van der Waals surface area contributed by atoms with Gasteiger partial charge in [-0.1, -0.05) is 35.3 Å². The number of ether oxygens (including phenoxy) is 3. The second-order valence-corrected chi connectivity index (χ2v) is 7.26. The van der Waals surface area contributed by atoms with E-state index in [0.717, 1.165) is 34.1 Å². The Balaban J connectivity index is 1.46. The van der Waals surface area contributed by atoms with E-state index in [2.05, 4.69) is 5.32 Å². The van der Waals surface area contributed by atoms with Crippen molar-refractivity contribution in [2.45, 2.75) is 13.2 Å². The Labute approximate surface area is 173 Å². The van der Waals surface area contributed by atoms with Crippen molar-refractivity contribution < 1.29 is 14.2 Å². The number of halogens is 2. The molecule has 0 fully saturated rings. The van der Waals surface area contributed by atoms with E-state index >= 15 is 0 Å². The molecule has 0 bridgehead atoms. The van der Waals surface area contributed by atoms with Gasteiger partial charge in [-0.25, -0.2) is 0 Å². The van der Waals surface area contributed by atoms with E-state index in [0.29, 0.717) is 36.4 Å². The van der Waals surface area contributed by atoms with E-state index in [1.807, 2.05) is 60.7 Å². The van der Waals surface area contributed by atoms with Gasteiger partial charge in [-0.05, 0) is 48.0 Å². The molecule has 1 aliphatic rings. The zero-order valence-corrected chi connectivity index (χ0v) is 16.6. The topological polar surface area (TPSA) is 39.7 Å². The van der Waals surface area contributed by atoms with Crippen molar-refractivity contribution >= 4 is 28.9 Å². The molecule has 0 spiro atoms. The first-order valence-corrected chi connectivity index (χ1v) is 9.72. The van der Waals surface area contributed by atoms with Crippen LogP contribution in [0.1, 0.15) is 11.1 Å².